The fourth-order valence-corrected chi connectivity index (χ4v) is 1.92. The molecule has 0 aliphatic heterocycles. The number of aryl methyl sites for hydroxylation is 1. The summed E-state index contributed by atoms with van der Waals surface area (Å²) in [5.41, 5.74) is 2.07. The molecule has 0 amide bonds. The van der Waals surface area contributed by atoms with E-state index in [1.54, 1.807) is 13.0 Å². The minimum absolute atomic E-state index is 0.116. The van der Waals surface area contributed by atoms with E-state index in [0.717, 1.165) is 12.0 Å². The molecule has 90 valence electrons. The number of carbonyl (C=O) groups is 1. The van der Waals surface area contributed by atoms with Crippen molar-refractivity contribution in [3.05, 3.63) is 33.8 Å². The van der Waals surface area contributed by atoms with Gasteiger partial charge in [-0.3, -0.25) is 4.79 Å². The van der Waals surface area contributed by atoms with Crippen LogP contribution in [-0.4, -0.2) is 12.6 Å². The smallest absolute Gasteiger partial charge is 0.310 e. The van der Waals surface area contributed by atoms with Crippen LogP contribution in [0.3, 0.4) is 0 Å². The Hall–Kier alpha value is -1.53. The van der Waals surface area contributed by atoms with Gasteiger partial charge in [-0.2, -0.15) is 5.26 Å². The molecule has 0 N–H and O–H groups in total. The van der Waals surface area contributed by atoms with E-state index in [1.807, 2.05) is 19.1 Å². The number of esters is 1. The van der Waals surface area contributed by atoms with E-state index in [0.29, 0.717) is 22.8 Å². The van der Waals surface area contributed by atoms with Crippen molar-refractivity contribution >= 4 is 17.6 Å². The zero-order valence-corrected chi connectivity index (χ0v) is 10.7. The molecule has 0 atom stereocenters. The van der Waals surface area contributed by atoms with E-state index >= 15 is 0 Å². The number of nitriles is 1. The molecule has 17 heavy (non-hydrogen) atoms. The normalized spacial score (nSPS) is 9.76. The maximum Gasteiger partial charge on any atom is 0.310 e. The summed E-state index contributed by atoms with van der Waals surface area (Å²) in [5, 5.41) is 9.25. The third kappa shape index (κ3) is 3.21. The minimum atomic E-state index is -0.320. The highest BCUT2D eigenvalue weighted by atomic mass is 35.5. The summed E-state index contributed by atoms with van der Waals surface area (Å²) in [6.45, 7) is 4.08. The lowest BCUT2D eigenvalue weighted by Crippen LogP contribution is -2.10. The van der Waals surface area contributed by atoms with Gasteiger partial charge >= 0.3 is 5.97 Å². The summed E-state index contributed by atoms with van der Waals surface area (Å²) in [5.74, 6) is -0.320. The number of halogens is 1. The molecule has 0 saturated carbocycles. The molecule has 0 aliphatic carbocycles. The van der Waals surface area contributed by atoms with Gasteiger partial charge in [0.05, 0.1) is 23.6 Å². The summed E-state index contributed by atoms with van der Waals surface area (Å²) >= 11 is 6.11. The Bertz CT molecular complexity index is 463. The second-order valence-corrected chi connectivity index (χ2v) is 3.89. The maximum atomic E-state index is 11.5. The second kappa shape index (κ2) is 6.27. The van der Waals surface area contributed by atoms with Gasteiger partial charge in [0, 0.05) is 0 Å². The molecular weight excluding hydrogens is 238 g/mol. The lowest BCUT2D eigenvalue weighted by molar-refractivity contribution is -0.142. The Kier molecular flexibility index (Phi) is 4.99. The number of nitrogens with zero attached hydrogens (tertiary/aromatic N) is 1. The van der Waals surface area contributed by atoms with Gasteiger partial charge in [0.25, 0.3) is 0 Å². The lowest BCUT2D eigenvalue weighted by Gasteiger charge is -2.10. The van der Waals surface area contributed by atoms with E-state index in [4.69, 9.17) is 21.6 Å². The van der Waals surface area contributed by atoms with Gasteiger partial charge in [0.1, 0.15) is 6.07 Å². The van der Waals surface area contributed by atoms with Crippen molar-refractivity contribution in [2.45, 2.75) is 26.7 Å². The van der Waals surface area contributed by atoms with Crippen molar-refractivity contribution in [3.63, 3.8) is 0 Å². The first kappa shape index (κ1) is 13.5. The average molecular weight is 252 g/mol. The molecule has 1 rings (SSSR count). The third-order valence-electron chi connectivity index (χ3n) is 2.47. The molecule has 0 saturated heterocycles. The molecule has 1 aromatic rings. The molecule has 0 fully saturated rings. The topological polar surface area (TPSA) is 50.1 Å². The maximum absolute atomic E-state index is 11.5. The van der Waals surface area contributed by atoms with Crippen molar-refractivity contribution in [1.82, 2.24) is 0 Å². The molecule has 0 aromatic heterocycles. The molecule has 0 bridgehead atoms. The van der Waals surface area contributed by atoms with Gasteiger partial charge in [-0.25, -0.2) is 0 Å². The summed E-state index contributed by atoms with van der Waals surface area (Å²) < 4.78 is 4.89. The van der Waals surface area contributed by atoms with Crippen LogP contribution in [0.25, 0.3) is 0 Å². The van der Waals surface area contributed by atoms with Gasteiger partial charge in [0.2, 0.25) is 0 Å². The average Bonchev–Trinajstić information content (AvgIpc) is 2.32. The fourth-order valence-electron chi connectivity index (χ4n) is 1.63. The van der Waals surface area contributed by atoms with Crippen LogP contribution in [0.5, 0.6) is 0 Å². The van der Waals surface area contributed by atoms with Crippen LogP contribution < -0.4 is 0 Å². The van der Waals surface area contributed by atoms with E-state index < -0.39 is 0 Å². The molecule has 0 spiro atoms. The zero-order valence-electron chi connectivity index (χ0n) is 9.92. The van der Waals surface area contributed by atoms with Crippen molar-refractivity contribution in [1.29, 1.82) is 5.26 Å². The summed E-state index contributed by atoms with van der Waals surface area (Å²) in [4.78, 5) is 11.5. The predicted molar refractivity (Wildman–Crippen MR) is 65.9 cm³/mol. The van der Waals surface area contributed by atoms with Crippen molar-refractivity contribution in [3.8, 4) is 6.07 Å². The van der Waals surface area contributed by atoms with Crippen LogP contribution in [0.1, 0.15) is 30.5 Å². The van der Waals surface area contributed by atoms with Crippen LogP contribution >= 0.6 is 11.6 Å². The number of ether oxygens (including phenoxy) is 1. The number of hydrogen-bond acceptors (Lipinski definition) is 3. The minimum Gasteiger partial charge on any atom is -0.466 e. The molecule has 0 heterocycles. The number of hydrogen-bond donors (Lipinski definition) is 0. The predicted octanol–water partition coefficient (Wildman–Crippen LogP) is 2.88. The highest BCUT2D eigenvalue weighted by Crippen LogP contribution is 2.25. The molecule has 3 nitrogen and oxygen atoms in total. The van der Waals surface area contributed by atoms with Crippen LogP contribution in [0.4, 0.5) is 0 Å². The Balaban J connectivity index is 3.11. The highest BCUT2D eigenvalue weighted by Gasteiger charge is 2.14. The fraction of sp³-hybridized carbons (Fsp3) is 0.385. The first-order valence-corrected chi connectivity index (χ1v) is 5.87. The quantitative estimate of drug-likeness (QED) is 0.773. The lowest BCUT2D eigenvalue weighted by atomic mass is 9.99. The number of rotatable bonds is 4. The number of carbonyl (C=O) groups excluding carboxylic acids is 1. The largest absolute Gasteiger partial charge is 0.466 e. The van der Waals surface area contributed by atoms with Gasteiger partial charge < -0.3 is 4.74 Å². The van der Waals surface area contributed by atoms with E-state index in [-0.39, 0.29) is 12.4 Å². The molecule has 0 radical (unpaired) electrons. The van der Waals surface area contributed by atoms with E-state index in [1.165, 1.54) is 0 Å². The molecular formula is C13H14ClNO2. The summed E-state index contributed by atoms with van der Waals surface area (Å²) in [7, 11) is 0. The Morgan fingerprint density at radius 3 is 2.71 bits per heavy atom. The van der Waals surface area contributed by atoms with Crippen LogP contribution in [0.2, 0.25) is 5.02 Å². The zero-order chi connectivity index (χ0) is 12.8. The van der Waals surface area contributed by atoms with Gasteiger partial charge in [-0.1, -0.05) is 24.6 Å². The molecule has 0 aliphatic rings. The second-order valence-electron chi connectivity index (χ2n) is 3.51. The Labute approximate surface area is 106 Å². The summed E-state index contributed by atoms with van der Waals surface area (Å²) in [6, 6.07) is 5.52. The van der Waals surface area contributed by atoms with Gasteiger partial charge in [0.15, 0.2) is 0 Å². The summed E-state index contributed by atoms with van der Waals surface area (Å²) in [6.07, 6.45) is 0.880. The van der Waals surface area contributed by atoms with Crippen LogP contribution in [0, 0.1) is 11.3 Å². The Morgan fingerprint density at radius 2 is 2.18 bits per heavy atom. The first-order valence-electron chi connectivity index (χ1n) is 5.50. The molecule has 1 aromatic carbocycles. The van der Waals surface area contributed by atoms with Gasteiger partial charge in [-0.15, -0.1) is 0 Å². The van der Waals surface area contributed by atoms with Crippen LogP contribution in [0.15, 0.2) is 12.1 Å². The van der Waals surface area contributed by atoms with E-state index in [9.17, 15) is 4.79 Å². The SMILES string of the molecule is CCOC(=O)Cc1c(CC)ccc(C#N)c1Cl. The monoisotopic (exact) mass is 251 g/mol. The molecule has 0 unspecified atom stereocenters. The highest BCUT2D eigenvalue weighted by molar-refractivity contribution is 6.32. The molecule has 4 heteroatoms. The van der Waals surface area contributed by atoms with Crippen LogP contribution in [-0.2, 0) is 22.4 Å². The van der Waals surface area contributed by atoms with Crippen molar-refractivity contribution < 1.29 is 9.53 Å². The standard InChI is InChI=1S/C13H14ClNO2/c1-3-9-5-6-10(8-15)13(14)11(9)7-12(16)17-4-2/h5-6H,3-4,7H2,1-2H3. The van der Waals surface area contributed by atoms with Gasteiger partial charge in [-0.05, 0) is 30.5 Å². The van der Waals surface area contributed by atoms with Crippen molar-refractivity contribution in [2.75, 3.05) is 6.61 Å². The first-order chi connectivity index (χ1) is 8.13. The number of benzene rings is 1. The Morgan fingerprint density at radius 1 is 1.47 bits per heavy atom. The van der Waals surface area contributed by atoms with Crippen molar-refractivity contribution in [2.24, 2.45) is 0 Å². The van der Waals surface area contributed by atoms with E-state index in [2.05, 4.69) is 0 Å². The third-order valence-corrected chi connectivity index (χ3v) is 2.90.